The molecule has 1 amide bonds. The van der Waals surface area contributed by atoms with Crippen molar-refractivity contribution in [2.75, 3.05) is 13.2 Å². The molecule has 1 aromatic rings. The average Bonchev–Trinajstić information content (AvgIpc) is 2.38. The van der Waals surface area contributed by atoms with Crippen LogP contribution in [-0.2, 0) is 0 Å². The number of nitrogens with zero attached hydrogens (tertiary/aromatic N) is 1. The predicted molar refractivity (Wildman–Crippen MR) is 71.4 cm³/mol. The number of amides is 1. The van der Waals surface area contributed by atoms with Crippen molar-refractivity contribution in [1.29, 1.82) is 0 Å². The number of aliphatic hydroxyl groups is 1. The number of hydrogen-bond acceptors (Lipinski definition) is 4. The summed E-state index contributed by atoms with van der Waals surface area (Å²) in [6.07, 6.45) is 2.29. The molecule has 0 heterocycles. The Labute approximate surface area is 115 Å². The Balaban J connectivity index is 2.55. The average molecular weight is 287 g/mol. The van der Waals surface area contributed by atoms with Gasteiger partial charge in [0.2, 0.25) is 0 Å². The molecule has 0 saturated carbocycles. The second kappa shape index (κ2) is 7.70. The Morgan fingerprint density at radius 2 is 2.11 bits per heavy atom. The molecule has 6 nitrogen and oxygen atoms in total. The number of halogens is 1. The minimum Gasteiger partial charge on any atom is -0.396 e. The van der Waals surface area contributed by atoms with Gasteiger partial charge in [0.15, 0.2) is 0 Å². The second-order valence-corrected chi connectivity index (χ2v) is 4.37. The van der Waals surface area contributed by atoms with Crippen molar-refractivity contribution in [3.05, 3.63) is 38.9 Å². The molecule has 0 saturated heterocycles. The fourth-order valence-corrected chi connectivity index (χ4v) is 1.77. The number of non-ortho nitro benzene ring substituents is 1. The SMILES string of the molecule is O=C(NCCCCCO)c1ccc([N+](=O)[O-])cc1Cl. The van der Waals surface area contributed by atoms with Gasteiger partial charge in [-0.2, -0.15) is 0 Å². The molecule has 104 valence electrons. The molecule has 0 aromatic heterocycles. The molecule has 0 bridgehead atoms. The lowest BCUT2D eigenvalue weighted by molar-refractivity contribution is -0.384. The number of nitro groups is 1. The van der Waals surface area contributed by atoms with E-state index in [0.29, 0.717) is 13.0 Å². The van der Waals surface area contributed by atoms with Gasteiger partial charge < -0.3 is 10.4 Å². The largest absolute Gasteiger partial charge is 0.396 e. The molecule has 0 radical (unpaired) electrons. The first kappa shape index (κ1) is 15.4. The Bertz CT molecular complexity index is 465. The lowest BCUT2D eigenvalue weighted by Crippen LogP contribution is -2.24. The van der Waals surface area contributed by atoms with Crippen LogP contribution >= 0.6 is 11.6 Å². The van der Waals surface area contributed by atoms with Gasteiger partial charge in [0.1, 0.15) is 0 Å². The summed E-state index contributed by atoms with van der Waals surface area (Å²) in [5.41, 5.74) is 0.0684. The molecule has 1 aromatic carbocycles. The minimum absolute atomic E-state index is 0.0575. The molecule has 0 spiro atoms. The van der Waals surface area contributed by atoms with Crippen LogP contribution in [0.5, 0.6) is 0 Å². The van der Waals surface area contributed by atoms with Crippen LogP contribution < -0.4 is 5.32 Å². The Morgan fingerprint density at radius 3 is 2.68 bits per heavy atom. The number of unbranched alkanes of at least 4 members (excludes halogenated alkanes) is 2. The normalized spacial score (nSPS) is 10.2. The van der Waals surface area contributed by atoms with Crippen LogP contribution in [0.3, 0.4) is 0 Å². The first-order chi connectivity index (χ1) is 9.06. The first-order valence-electron chi connectivity index (χ1n) is 5.89. The zero-order valence-corrected chi connectivity index (χ0v) is 11.0. The van der Waals surface area contributed by atoms with Crippen LogP contribution in [-0.4, -0.2) is 29.1 Å². The van der Waals surface area contributed by atoms with Gasteiger partial charge in [-0.05, 0) is 25.3 Å². The van der Waals surface area contributed by atoms with E-state index in [2.05, 4.69) is 5.32 Å². The van der Waals surface area contributed by atoms with Crippen molar-refractivity contribution in [2.45, 2.75) is 19.3 Å². The third kappa shape index (κ3) is 4.84. The third-order valence-electron chi connectivity index (χ3n) is 2.53. The Morgan fingerprint density at radius 1 is 1.37 bits per heavy atom. The van der Waals surface area contributed by atoms with E-state index in [1.54, 1.807) is 0 Å². The van der Waals surface area contributed by atoms with E-state index >= 15 is 0 Å². The number of benzene rings is 1. The second-order valence-electron chi connectivity index (χ2n) is 3.96. The molecule has 19 heavy (non-hydrogen) atoms. The van der Waals surface area contributed by atoms with Gasteiger partial charge in [-0.15, -0.1) is 0 Å². The molecular weight excluding hydrogens is 272 g/mol. The van der Waals surface area contributed by atoms with Crippen molar-refractivity contribution in [2.24, 2.45) is 0 Å². The molecule has 0 unspecified atom stereocenters. The molecule has 2 N–H and O–H groups in total. The van der Waals surface area contributed by atoms with Gasteiger partial charge in [0.25, 0.3) is 11.6 Å². The monoisotopic (exact) mass is 286 g/mol. The Hall–Kier alpha value is -1.66. The van der Waals surface area contributed by atoms with Crippen molar-refractivity contribution in [3.8, 4) is 0 Å². The van der Waals surface area contributed by atoms with Gasteiger partial charge in [-0.3, -0.25) is 14.9 Å². The fraction of sp³-hybridized carbons (Fsp3) is 0.417. The molecule has 0 atom stereocenters. The maximum absolute atomic E-state index is 11.8. The lowest BCUT2D eigenvalue weighted by Gasteiger charge is -2.06. The van der Waals surface area contributed by atoms with Crippen LogP contribution in [0.25, 0.3) is 0 Å². The number of carbonyl (C=O) groups excluding carboxylic acids is 1. The van der Waals surface area contributed by atoms with Crippen LogP contribution in [0.1, 0.15) is 29.6 Å². The molecule has 0 aliphatic carbocycles. The van der Waals surface area contributed by atoms with E-state index in [1.807, 2.05) is 0 Å². The highest BCUT2D eigenvalue weighted by Gasteiger charge is 2.14. The lowest BCUT2D eigenvalue weighted by atomic mass is 10.2. The van der Waals surface area contributed by atoms with E-state index < -0.39 is 4.92 Å². The van der Waals surface area contributed by atoms with Gasteiger partial charge in [-0.25, -0.2) is 0 Å². The summed E-state index contributed by atoms with van der Waals surface area (Å²) in [4.78, 5) is 21.7. The molecule has 0 aliphatic rings. The zero-order chi connectivity index (χ0) is 14.3. The molecule has 0 fully saturated rings. The van der Waals surface area contributed by atoms with Gasteiger partial charge in [0.05, 0.1) is 15.5 Å². The number of nitrogens with one attached hydrogen (secondary N) is 1. The van der Waals surface area contributed by atoms with E-state index in [9.17, 15) is 14.9 Å². The first-order valence-corrected chi connectivity index (χ1v) is 6.27. The summed E-state index contributed by atoms with van der Waals surface area (Å²) >= 11 is 5.83. The van der Waals surface area contributed by atoms with Crippen LogP contribution in [0.4, 0.5) is 5.69 Å². The summed E-state index contributed by atoms with van der Waals surface area (Å²) in [6, 6.07) is 3.73. The smallest absolute Gasteiger partial charge is 0.270 e. The summed E-state index contributed by atoms with van der Waals surface area (Å²) in [5, 5.41) is 21.9. The topological polar surface area (TPSA) is 92.5 Å². The summed E-state index contributed by atoms with van der Waals surface area (Å²) < 4.78 is 0. The zero-order valence-electron chi connectivity index (χ0n) is 10.3. The number of nitro benzene ring substituents is 1. The van der Waals surface area contributed by atoms with Gasteiger partial charge >= 0.3 is 0 Å². The van der Waals surface area contributed by atoms with E-state index in [0.717, 1.165) is 18.9 Å². The molecular formula is C12H15ClN2O4. The van der Waals surface area contributed by atoms with E-state index in [1.165, 1.54) is 12.1 Å². The predicted octanol–water partition coefficient (Wildman–Crippen LogP) is 2.14. The third-order valence-corrected chi connectivity index (χ3v) is 2.84. The van der Waals surface area contributed by atoms with Crippen molar-refractivity contribution in [3.63, 3.8) is 0 Å². The molecule has 7 heteroatoms. The number of hydrogen-bond donors (Lipinski definition) is 2. The highest BCUT2D eigenvalue weighted by molar-refractivity contribution is 6.34. The summed E-state index contributed by atoms with van der Waals surface area (Å²) in [7, 11) is 0. The highest BCUT2D eigenvalue weighted by Crippen LogP contribution is 2.22. The van der Waals surface area contributed by atoms with Crippen molar-refractivity contribution < 1.29 is 14.8 Å². The Kier molecular flexibility index (Phi) is 6.24. The van der Waals surface area contributed by atoms with Crippen molar-refractivity contribution >= 4 is 23.2 Å². The van der Waals surface area contributed by atoms with Gasteiger partial charge in [-0.1, -0.05) is 11.6 Å². The van der Waals surface area contributed by atoms with Crippen LogP contribution in [0, 0.1) is 10.1 Å². The molecule has 0 aliphatic heterocycles. The number of carbonyl (C=O) groups is 1. The summed E-state index contributed by atoms with van der Waals surface area (Å²) in [5.74, 6) is -0.358. The van der Waals surface area contributed by atoms with Crippen LogP contribution in [0.2, 0.25) is 5.02 Å². The summed E-state index contributed by atoms with van der Waals surface area (Å²) in [6.45, 7) is 0.619. The maximum Gasteiger partial charge on any atom is 0.270 e. The number of rotatable bonds is 7. The molecule has 1 rings (SSSR count). The van der Waals surface area contributed by atoms with Gasteiger partial charge in [0, 0.05) is 25.3 Å². The number of aliphatic hydroxyl groups excluding tert-OH is 1. The quantitative estimate of drug-likeness (QED) is 0.456. The highest BCUT2D eigenvalue weighted by atomic mass is 35.5. The van der Waals surface area contributed by atoms with E-state index in [4.69, 9.17) is 16.7 Å². The maximum atomic E-state index is 11.8. The minimum atomic E-state index is -0.567. The fourth-order valence-electron chi connectivity index (χ4n) is 1.51. The van der Waals surface area contributed by atoms with Crippen molar-refractivity contribution in [1.82, 2.24) is 5.32 Å². The van der Waals surface area contributed by atoms with Crippen LogP contribution in [0.15, 0.2) is 18.2 Å². The van der Waals surface area contributed by atoms with E-state index in [-0.39, 0.29) is 28.8 Å². The standard InChI is InChI=1S/C12H15ClN2O4/c13-11-8-9(15(18)19)4-5-10(11)12(17)14-6-2-1-3-7-16/h4-5,8,16H,1-3,6-7H2,(H,14,17).